The maximum Gasteiger partial charge on any atom is 0.231 e. The highest BCUT2D eigenvalue weighted by atomic mass is 16.7. The first-order chi connectivity index (χ1) is 16.0. The van der Waals surface area contributed by atoms with Crippen LogP contribution in [0.25, 0.3) is 0 Å². The first-order valence-electron chi connectivity index (χ1n) is 11.2. The predicted molar refractivity (Wildman–Crippen MR) is 125 cm³/mol. The van der Waals surface area contributed by atoms with Crippen LogP contribution in [0.5, 0.6) is 17.2 Å². The van der Waals surface area contributed by atoms with E-state index in [-0.39, 0.29) is 18.6 Å². The number of pyridine rings is 1. The third kappa shape index (κ3) is 3.95. The minimum atomic E-state index is -0.426. The highest BCUT2D eigenvalue weighted by molar-refractivity contribution is 5.94. The fourth-order valence-electron chi connectivity index (χ4n) is 4.73. The van der Waals surface area contributed by atoms with Gasteiger partial charge in [0.1, 0.15) is 11.5 Å². The molecular weight excluding hydrogens is 416 g/mol. The fraction of sp³-hybridized carbons (Fsp3) is 0.333. The quantitative estimate of drug-likeness (QED) is 0.516. The van der Waals surface area contributed by atoms with Crippen LogP contribution in [0.15, 0.2) is 60.8 Å². The molecule has 170 valence electrons. The molecule has 0 saturated heterocycles. The van der Waals surface area contributed by atoms with Crippen LogP contribution >= 0.6 is 0 Å². The molecule has 1 aliphatic carbocycles. The van der Waals surface area contributed by atoms with E-state index in [4.69, 9.17) is 14.2 Å². The topological polar surface area (TPSA) is 60.9 Å². The third-order valence-corrected chi connectivity index (χ3v) is 6.66. The van der Waals surface area contributed by atoms with Gasteiger partial charge in [0.25, 0.3) is 0 Å². The van der Waals surface area contributed by atoms with E-state index < -0.39 is 5.41 Å². The van der Waals surface area contributed by atoms with Crippen molar-refractivity contribution >= 4 is 5.78 Å². The summed E-state index contributed by atoms with van der Waals surface area (Å²) in [7, 11) is 5.76. The Morgan fingerprint density at radius 3 is 2.58 bits per heavy atom. The Labute approximate surface area is 194 Å². The lowest BCUT2D eigenvalue weighted by Crippen LogP contribution is -2.23. The van der Waals surface area contributed by atoms with Crippen LogP contribution < -0.4 is 14.2 Å². The SMILES string of the molecule is COc1ccccc1C(c1ccc(CC(=O)C2(c3ccc4c(c3)OCO4)CC2)nc1)N(C)C. The normalized spacial score (nSPS) is 16.5. The van der Waals surface area contributed by atoms with E-state index in [0.29, 0.717) is 6.42 Å². The number of rotatable bonds is 8. The van der Waals surface area contributed by atoms with E-state index in [1.165, 1.54) is 0 Å². The second-order valence-electron chi connectivity index (χ2n) is 8.94. The van der Waals surface area contributed by atoms with Crippen molar-refractivity contribution in [3.8, 4) is 17.2 Å². The predicted octanol–water partition coefficient (Wildman–Crippen LogP) is 4.31. The minimum absolute atomic E-state index is 0.00167. The van der Waals surface area contributed by atoms with E-state index in [1.807, 2.05) is 62.8 Å². The largest absolute Gasteiger partial charge is 0.496 e. The van der Waals surface area contributed by atoms with Gasteiger partial charge in [-0.2, -0.15) is 0 Å². The summed E-state index contributed by atoms with van der Waals surface area (Å²) in [6.45, 7) is 0.235. The highest BCUT2D eigenvalue weighted by Crippen LogP contribution is 2.51. The number of aromatic nitrogens is 1. The fourth-order valence-corrected chi connectivity index (χ4v) is 4.73. The Kier molecular flexibility index (Phi) is 5.54. The molecule has 0 N–H and O–H groups in total. The van der Waals surface area contributed by atoms with E-state index in [1.54, 1.807) is 7.11 Å². The number of carbonyl (C=O) groups excluding carboxylic acids is 1. The number of hydrogen-bond acceptors (Lipinski definition) is 6. The van der Waals surface area contributed by atoms with Gasteiger partial charge in [0, 0.05) is 23.9 Å². The lowest BCUT2D eigenvalue weighted by Gasteiger charge is -2.26. The van der Waals surface area contributed by atoms with Gasteiger partial charge in [-0.25, -0.2) is 0 Å². The molecule has 1 atom stereocenters. The van der Waals surface area contributed by atoms with Gasteiger partial charge in [-0.3, -0.25) is 14.7 Å². The number of methoxy groups -OCH3 is 1. The Hall–Kier alpha value is -3.38. The van der Waals surface area contributed by atoms with E-state index in [0.717, 1.165) is 52.5 Å². The summed E-state index contributed by atoms with van der Waals surface area (Å²) in [4.78, 5) is 20.1. The average Bonchev–Trinajstić information content (AvgIpc) is 3.51. The number of hydrogen-bond donors (Lipinski definition) is 0. The summed E-state index contributed by atoms with van der Waals surface area (Å²) < 4.78 is 16.5. The number of fused-ring (bicyclic) bond motifs is 1. The zero-order chi connectivity index (χ0) is 23.0. The van der Waals surface area contributed by atoms with Crippen LogP contribution in [-0.4, -0.2) is 43.7 Å². The lowest BCUT2D eigenvalue weighted by atomic mass is 9.88. The van der Waals surface area contributed by atoms with Gasteiger partial charge in [-0.15, -0.1) is 0 Å². The molecule has 3 aromatic rings. The molecule has 2 aromatic carbocycles. The van der Waals surface area contributed by atoms with Crippen LogP contribution in [0, 0.1) is 0 Å². The number of benzene rings is 2. The van der Waals surface area contributed by atoms with Crippen molar-refractivity contribution in [1.29, 1.82) is 0 Å². The van der Waals surface area contributed by atoms with Crippen LogP contribution in [0.1, 0.15) is 41.3 Å². The monoisotopic (exact) mass is 444 g/mol. The molecule has 6 heteroatoms. The van der Waals surface area contributed by atoms with Crippen LogP contribution in [0.2, 0.25) is 0 Å². The average molecular weight is 445 g/mol. The number of para-hydroxylation sites is 1. The molecule has 1 unspecified atom stereocenters. The van der Waals surface area contributed by atoms with E-state index in [9.17, 15) is 4.79 Å². The summed E-state index contributed by atoms with van der Waals surface area (Å²) in [5, 5.41) is 0. The molecule has 2 aliphatic rings. The Morgan fingerprint density at radius 2 is 1.88 bits per heavy atom. The molecule has 0 amide bonds. The zero-order valence-corrected chi connectivity index (χ0v) is 19.2. The summed E-state index contributed by atoms with van der Waals surface area (Å²) in [6, 6.07) is 17.9. The van der Waals surface area contributed by atoms with Crippen molar-refractivity contribution in [2.45, 2.75) is 30.7 Å². The van der Waals surface area contributed by atoms with Crippen molar-refractivity contribution in [2.75, 3.05) is 28.0 Å². The van der Waals surface area contributed by atoms with Gasteiger partial charge in [0.2, 0.25) is 6.79 Å². The highest BCUT2D eigenvalue weighted by Gasteiger charge is 2.51. The molecule has 5 rings (SSSR count). The maximum absolute atomic E-state index is 13.3. The number of ketones is 1. The molecule has 0 radical (unpaired) electrons. The van der Waals surface area contributed by atoms with Gasteiger partial charge in [0.15, 0.2) is 11.5 Å². The van der Waals surface area contributed by atoms with Gasteiger partial charge >= 0.3 is 0 Å². The van der Waals surface area contributed by atoms with Gasteiger partial charge in [0.05, 0.1) is 18.6 Å². The van der Waals surface area contributed by atoms with Crippen LogP contribution in [0.3, 0.4) is 0 Å². The van der Waals surface area contributed by atoms with Crippen molar-refractivity contribution in [3.05, 3.63) is 83.2 Å². The molecular formula is C27H28N2O4. The molecule has 2 heterocycles. The zero-order valence-electron chi connectivity index (χ0n) is 19.2. The molecule has 0 spiro atoms. The van der Waals surface area contributed by atoms with Crippen molar-refractivity contribution < 1.29 is 19.0 Å². The molecule has 0 bridgehead atoms. The first-order valence-corrected chi connectivity index (χ1v) is 11.2. The van der Waals surface area contributed by atoms with Gasteiger partial charge < -0.3 is 14.2 Å². The summed E-state index contributed by atoms with van der Waals surface area (Å²) in [5.74, 6) is 2.51. The molecule has 1 aromatic heterocycles. The molecule has 1 aliphatic heterocycles. The van der Waals surface area contributed by atoms with Gasteiger partial charge in [-0.1, -0.05) is 30.3 Å². The number of carbonyl (C=O) groups is 1. The Bertz CT molecular complexity index is 1170. The molecule has 1 fully saturated rings. The lowest BCUT2D eigenvalue weighted by molar-refractivity contribution is -0.120. The van der Waals surface area contributed by atoms with Gasteiger partial charge in [-0.05, 0) is 62.3 Å². The second kappa shape index (κ2) is 8.52. The van der Waals surface area contributed by atoms with Crippen LogP contribution in [-0.2, 0) is 16.6 Å². The minimum Gasteiger partial charge on any atom is -0.496 e. The van der Waals surface area contributed by atoms with E-state index >= 15 is 0 Å². The third-order valence-electron chi connectivity index (χ3n) is 6.66. The Balaban J connectivity index is 1.35. The standard InChI is InChI=1S/C27H28N2O4/c1-29(2)26(21-6-4-5-7-22(21)31-3)18-8-10-20(28-16-18)15-25(30)27(12-13-27)19-9-11-23-24(14-19)33-17-32-23/h4-11,14,16,26H,12-13,15,17H2,1-3H3. The maximum atomic E-state index is 13.3. The molecule has 33 heavy (non-hydrogen) atoms. The molecule has 6 nitrogen and oxygen atoms in total. The van der Waals surface area contributed by atoms with Crippen molar-refractivity contribution in [3.63, 3.8) is 0 Å². The second-order valence-corrected chi connectivity index (χ2v) is 8.94. The Morgan fingerprint density at radius 1 is 1.09 bits per heavy atom. The number of ether oxygens (including phenoxy) is 3. The number of nitrogens with zero attached hydrogens (tertiary/aromatic N) is 2. The smallest absolute Gasteiger partial charge is 0.231 e. The summed E-state index contributed by atoms with van der Waals surface area (Å²) >= 11 is 0. The van der Waals surface area contributed by atoms with Crippen molar-refractivity contribution in [2.24, 2.45) is 0 Å². The first kappa shape index (κ1) is 21.5. The van der Waals surface area contributed by atoms with Crippen LogP contribution in [0.4, 0.5) is 0 Å². The molecule has 1 saturated carbocycles. The van der Waals surface area contributed by atoms with Crippen molar-refractivity contribution in [1.82, 2.24) is 9.88 Å². The summed E-state index contributed by atoms with van der Waals surface area (Å²) in [5.41, 5.74) is 3.50. The van der Waals surface area contributed by atoms with E-state index in [2.05, 4.69) is 22.0 Å². The number of Topliss-reactive ketones (excluding diaryl/α,β-unsaturated/α-hetero) is 1. The summed E-state index contributed by atoms with van der Waals surface area (Å²) in [6.07, 6.45) is 3.91.